The summed E-state index contributed by atoms with van der Waals surface area (Å²) in [5.74, 6) is -1.18. The lowest BCUT2D eigenvalue weighted by Gasteiger charge is -2.11. The van der Waals surface area contributed by atoms with Crippen molar-refractivity contribution in [1.29, 1.82) is 31.6 Å². The summed E-state index contributed by atoms with van der Waals surface area (Å²) in [4.78, 5) is 35.8. The smallest absolute Gasteiger partial charge is 0.411 e. The van der Waals surface area contributed by atoms with Crippen molar-refractivity contribution in [2.45, 2.75) is 130 Å². The number of aryl methyl sites for hydroxylation is 6. The van der Waals surface area contributed by atoms with E-state index in [0.717, 1.165) is 120 Å². The summed E-state index contributed by atoms with van der Waals surface area (Å²) in [7, 11) is -5.97. The van der Waals surface area contributed by atoms with E-state index in [1.807, 2.05) is 189 Å². The number of nitrogen functional groups attached to an aromatic ring is 1. The molecule has 0 aliphatic heterocycles. The minimum absolute atomic E-state index is 0.00467. The van der Waals surface area contributed by atoms with Gasteiger partial charge in [0, 0.05) is 138 Å². The molecule has 8 N–H and O–H groups in total. The predicted octanol–water partition coefficient (Wildman–Crippen LogP) is 25.5. The second-order valence-electron chi connectivity index (χ2n) is 33.8. The van der Waals surface area contributed by atoms with Crippen molar-refractivity contribution < 1.29 is 53.9 Å². The van der Waals surface area contributed by atoms with Crippen LogP contribution < -0.4 is 31.5 Å². The number of fused-ring (bicyclic) bond motifs is 6. The van der Waals surface area contributed by atoms with E-state index in [1.165, 1.54) is 67.7 Å². The molecule has 27 nitrogen and oxygen atoms in total. The van der Waals surface area contributed by atoms with Crippen LogP contribution in [0.1, 0.15) is 118 Å². The van der Waals surface area contributed by atoms with Crippen LogP contribution in [0.15, 0.2) is 271 Å². The number of aromatic nitrogens is 6. The molecule has 1 fully saturated rings. The van der Waals surface area contributed by atoms with Crippen LogP contribution >= 0.6 is 23.2 Å². The van der Waals surface area contributed by atoms with E-state index in [-0.39, 0.29) is 21.5 Å². The molecular formula is C114H101Cl2F3N18O9S2. The van der Waals surface area contributed by atoms with Gasteiger partial charge in [0.15, 0.2) is 0 Å². The fraction of sp³-hybridized carbons (Fsp3) is 0.184. The zero-order valence-corrected chi connectivity index (χ0v) is 85.2. The van der Waals surface area contributed by atoms with Crippen molar-refractivity contribution >= 4 is 144 Å². The van der Waals surface area contributed by atoms with E-state index in [1.54, 1.807) is 73.7 Å². The van der Waals surface area contributed by atoms with Crippen molar-refractivity contribution in [2.75, 3.05) is 36.6 Å². The number of hydrogen-bond donors (Lipinski definition) is 6. The third-order valence-electron chi connectivity index (χ3n) is 24.8. The standard InChI is InChI=1S/C21H20ClN3O2.C21H19N3O.C20H18ClN3O2.C18H16FN3O2S.C17H14FN3O2S.C17H14FN3/c1-3-10-27-21(26)24-16-7-5-6-14(11-16)20-18(13-23)17-12-15(22)8-9-19(17)25(20)4-2;1-2-24-19-6-4-3-5-17(19)18(13-22)20(24)14-7-9-15(10-8-14)21(25)23-16-11-12-16;1-3-24-18-9-8-14(21)11-16(18)17(12-22)19(24)13-6-5-7-15(10-13)23-20(25)26-4-2;1-3-22-17-9-6-13(19)10-15(17)16(11-20)18(22)12-4-7-14(8-5-12)25(23,24)21-2;1-2-21-16-8-5-12(18)9-14(16)15(10-19)17(21)11-3-6-13(7-4-11)24(20,22)23;1-2-21-16-8-5-12(18)9-14(16)15(10-19)17(21)11-3-6-13(20)7-4-11/h5-9,11-12H,3-4,10H2,1-2H3,(H,24,26);3-10,16H,2,11-12H2,1H3,(H,23,25);5-11H,3-4H2,1-2H3,(H,23,25);4-10,21H,3H2,1-2H3;3-9H,2H2,1H3,(H2,20,22,23);3-9H,2,20H2,1H3. The number of hydrogen-bond acceptors (Lipinski definition) is 16. The predicted molar refractivity (Wildman–Crippen MR) is 575 cm³/mol. The number of anilines is 3. The third-order valence-corrected chi connectivity index (χ3v) is 27.7. The molecule has 0 atom stereocenters. The van der Waals surface area contributed by atoms with Crippen LogP contribution in [0.2, 0.25) is 10.0 Å². The number of nitrogens with zero attached hydrogens (tertiary/aromatic N) is 12. The van der Waals surface area contributed by atoms with Crippen molar-refractivity contribution in [3.8, 4) is 104 Å². The molecule has 0 saturated heterocycles. The number of nitrogens with two attached hydrogens (primary N) is 2. The summed E-state index contributed by atoms with van der Waals surface area (Å²) < 4.78 is 112. The number of amides is 3. The molecule has 0 radical (unpaired) electrons. The number of para-hydroxylation sites is 1. The SMILES string of the molecule is CCCOC(=O)Nc1cccc(-c2c(C#N)c3cc(Cl)ccc3n2CC)c1.CCOC(=O)Nc1cccc(-c2c(C#N)c3cc(Cl)ccc3n2CC)c1.CCn1c(-c2ccc(C(=O)NC3CC3)cc2)c(C#N)c2ccccc21.CCn1c(-c2ccc(N)cc2)c(C#N)c2cc(F)ccc21.CCn1c(-c2ccc(S(=O)(=O)NC)cc2)c(C#N)c2cc(F)ccc21.CCn1c(-c2ccc(S(N)(=O)=O)cc2)c(C#N)c2cc(F)ccc21. The first kappa shape index (κ1) is 107. The van der Waals surface area contributed by atoms with Gasteiger partial charge in [-0.1, -0.05) is 121 Å². The Hall–Kier alpha value is -17.2. The van der Waals surface area contributed by atoms with Crippen LogP contribution in [0.4, 0.5) is 39.8 Å². The second kappa shape index (κ2) is 47.1. The molecule has 12 aromatic carbocycles. The fourth-order valence-corrected chi connectivity index (χ4v) is 19.7. The average molecular weight is 2060 g/mol. The minimum Gasteiger partial charge on any atom is -0.450 e. The van der Waals surface area contributed by atoms with Gasteiger partial charge in [-0.05, 0) is 267 Å². The number of carbonyl (C=O) groups excluding carboxylic acids is 3. The Morgan fingerprint density at radius 1 is 0.378 bits per heavy atom. The van der Waals surface area contributed by atoms with Crippen LogP contribution in [0.25, 0.3) is 133 Å². The molecule has 1 aliphatic rings. The number of ether oxygens (including phenoxy) is 2. The van der Waals surface area contributed by atoms with E-state index >= 15 is 0 Å². The average Bonchev–Trinajstić information content (AvgIpc) is 1.93. The third kappa shape index (κ3) is 22.8. The number of nitrogens with one attached hydrogen (secondary N) is 4. The first-order valence-electron chi connectivity index (χ1n) is 47.5. The molecule has 0 bridgehead atoms. The Kier molecular flexibility index (Phi) is 33.9. The van der Waals surface area contributed by atoms with Gasteiger partial charge in [0.2, 0.25) is 20.0 Å². The molecule has 18 aromatic rings. The van der Waals surface area contributed by atoms with E-state index in [2.05, 4.69) is 77.7 Å². The van der Waals surface area contributed by atoms with Gasteiger partial charge in [-0.3, -0.25) is 15.4 Å². The summed E-state index contributed by atoms with van der Waals surface area (Å²) in [6.07, 6.45) is 1.92. The van der Waals surface area contributed by atoms with Gasteiger partial charge in [-0.25, -0.2) is 49.5 Å². The molecule has 1 aliphatic carbocycles. The second-order valence-corrected chi connectivity index (χ2v) is 38.1. The summed E-state index contributed by atoms with van der Waals surface area (Å²) in [5, 5.41) is 77.0. The number of rotatable bonds is 22. The van der Waals surface area contributed by atoms with Crippen molar-refractivity contribution in [2.24, 2.45) is 5.14 Å². The lowest BCUT2D eigenvalue weighted by molar-refractivity contribution is 0.0950. The minimum atomic E-state index is -3.78. The van der Waals surface area contributed by atoms with Crippen LogP contribution in [-0.2, 0) is 68.8 Å². The van der Waals surface area contributed by atoms with Crippen LogP contribution in [0.3, 0.4) is 0 Å². The van der Waals surface area contributed by atoms with Crippen LogP contribution in [0.5, 0.6) is 0 Å². The molecule has 0 spiro atoms. The Morgan fingerprint density at radius 2 is 0.696 bits per heavy atom. The number of sulfonamides is 2. The maximum absolute atomic E-state index is 13.6. The topological polar surface area (TPSA) is 410 Å². The van der Waals surface area contributed by atoms with Gasteiger partial charge in [0.1, 0.15) is 53.9 Å². The molecule has 1 saturated carbocycles. The van der Waals surface area contributed by atoms with Gasteiger partial charge in [-0.2, -0.15) is 31.6 Å². The molecule has 34 heteroatoms. The highest BCUT2D eigenvalue weighted by Crippen LogP contribution is 2.43. The van der Waals surface area contributed by atoms with Gasteiger partial charge < -0.3 is 47.9 Å². The van der Waals surface area contributed by atoms with Gasteiger partial charge in [-0.15, -0.1) is 0 Å². The number of halogens is 5. The van der Waals surface area contributed by atoms with Gasteiger partial charge in [0.05, 0.1) is 107 Å². The largest absolute Gasteiger partial charge is 0.450 e. The summed E-state index contributed by atoms with van der Waals surface area (Å²) >= 11 is 12.3. The monoisotopic (exact) mass is 2060 g/mol. The molecular weight excluding hydrogens is 1960 g/mol. The number of nitriles is 6. The molecule has 148 heavy (non-hydrogen) atoms. The number of carbonyl (C=O) groups is 3. The number of benzene rings is 12. The summed E-state index contributed by atoms with van der Waals surface area (Å²) in [6, 6.07) is 88.1. The fourth-order valence-electron chi connectivity index (χ4n) is 18.1. The first-order valence-corrected chi connectivity index (χ1v) is 51.3. The highest BCUT2D eigenvalue weighted by Gasteiger charge is 2.29. The summed E-state index contributed by atoms with van der Waals surface area (Å²) in [6.45, 7) is 20.4. The van der Waals surface area contributed by atoms with Gasteiger partial charge >= 0.3 is 12.2 Å². The van der Waals surface area contributed by atoms with E-state index in [9.17, 15) is 76.0 Å². The maximum Gasteiger partial charge on any atom is 0.411 e. The number of primary sulfonamides is 1. The normalized spacial score (nSPS) is 11.4. The lowest BCUT2D eigenvalue weighted by Crippen LogP contribution is -2.25. The summed E-state index contributed by atoms with van der Waals surface area (Å²) in [5.41, 5.74) is 26.2. The Bertz CT molecular complexity index is 8670. The lowest BCUT2D eigenvalue weighted by atomic mass is 10.0. The van der Waals surface area contributed by atoms with Gasteiger partial charge in [0.25, 0.3) is 5.91 Å². The Balaban J connectivity index is 0.000000140. The van der Waals surface area contributed by atoms with E-state index < -0.39 is 43.9 Å². The highest BCUT2D eigenvalue weighted by molar-refractivity contribution is 7.89. The first-order chi connectivity index (χ1) is 71.3. The van der Waals surface area contributed by atoms with Crippen molar-refractivity contribution in [3.63, 3.8) is 0 Å². The maximum atomic E-state index is 13.6. The zero-order valence-electron chi connectivity index (χ0n) is 82.1. The highest BCUT2D eigenvalue weighted by atomic mass is 35.5. The van der Waals surface area contributed by atoms with E-state index in [4.69, 9.17) is 43.5 Å². The van der Waals surface area contributed by atoms with Crippen LogP contribution in [-0.4, -0.2) is 88.6 Å². The molecule has 3 amide bonds. The van der Waals surface area contributed by atoms with Crippen LogP contribution in [0, 0.1) is 85.4 Å². The van der Waals surface area contributed by atoms with Crippen molar-refractivity contribution in [1.82, 2.24) is 37.4 Å². The zero-order chi connectivity index (χ0) is 106. The Labute approximate surface area is 863 Å². The molecule has 6 aromatic heterocycles. The van der Waals surface area contributed by atoms with E-state index in [0.29, 0.717) is 157 Å². The molecule has 19 rings (SSSR count). The molecule has 6 heterocycles. The molecule has 0 unspecified atom stereocenters. The quantitative estimate of drug-likeness (QED) is 0.0343. The molecule has 748 valence electrons. The Morgan fingerprint density at radius 3 is 1.03 bits per heavy atom. The van der Waals surface area contributed by atoms with Crippen molar-refractivity contribution in [3.05, 3.63) is 327 Å².